The van der Waals surface area contributed by atoms with Crippen LogP contribution in [0.3, 0.4) is 0 Å². The summed E-state index contributed by atoms with van der Waals surface area (Å²) in [5.41, 5.74) is 11.6. The Balaban J connectivity index is 1.30. The summed E-state index contributed by atoms with van der Waals surface area (Å²) in [6, 6.07) is 61.8. The maximum Gasteiger partial charge on any atom is 0.165 e. The topological polar surface area (TPSA) is 43.9 Å². The highest BCUT2D eigenvalue weighted by Crippen LogP contribution is 2.42. The van der Waals surface area contributed by atoms with Gasteiger partial charge >= 0.3 is 0 Å². The van der Waals surface area contributed by atoms with Crippen LogP contribution < -0.4 is 0 Å². The molecule has 0 atom stereocenters. The van der Waals surface area contributed by atoms with Crippen molar-refractivity contribution in [3.8, 4) is 39.3 Å². The molecule has 3 heterocycles. The third-order valence-electron chi connectivity index (χ3n) is 10.4. The van der Waals surface area contributed by atoms with Crippen molar-refractivity contribution in [2.45, 2.75) is 0 Å². The third-order valence-corrected chi connectivity index (χ3v) is 10.4. The van der Waals surface area contributed by atoms with Gasteiger partial charge in [0.15, 0.2) is 5.82 Å². The predicted octanol–water partition coefficient (Wildman–Crippen LogP) is 12.8. The van der Waals surface area contributed by atoms with Crippen LogP contribution in [-0.4, -0.2) is 14.5 Å². The smallest absolute Gasteiger partial charge is 0.165 e. The molecule has 0 radical (unpaired) electrons. The number of hydrogen-bond acceptors (Lipinski definition) is 3. The molecule has 0 aliphatic carbocycles. The summed E-state index contributed by atoms with van der Waals surface area (Å²) in [5.74, 6) is 0.758. The highest BCUT2D eigenvalue weighted by atomic mass is 16.3. The molecule has 0 spiro atoms. The summed E-state index contributed by atoms with van der Waals surface area (Å²) in [7, 11) is 0. The Kier molecular flexibility index (Phi) is 6.22. The second-order valence-electron chi connectivity index (χ2n) is 13.4. The van der Waals surface area contributed by atoms with E-state index in [4.69, 9.17) is 14.4 Å². The molecule has 0 saturated carbocycles. The fourth-order valence-electron chi connectivity index (χ4n) is 7.96. The number of rotatable bonds is 4. The molecule has 0 amide bonds. The second-order valence-corrected chi connectivity index (χ2v) is 13.4. The molecule has 4 nitrogen and oxygen atoms in total. The van der Waals surface area contributed by atoms with Gasteiger partial charge in [0.1, 0.15) is 16.9 Å². The van der Waals surface area contributed by atoms with Gasteiger partial charge in [0.2, 0.25) is 0 Å². The number of benzene rings is 8. The molecule has 0 aliphatic rings. The van der Waals surface area contributed by atoms with Gasteiger partial charge in [0, 0.05) is 27.1 Å². The van der Waals surface area contributed by atoms with E-state index in [2.05, 4.69) is 168 Å². The lowest BCUT2D eigenvalue weighted by Crippen LogP contribution is -2.04. The van der Waals surface area contributed by atoms with Crippen LogP contribution in [0.25, 0.3) is 105 Å². The monoisotopic (exact) mass is 663 g/mol. The molecule has 11 aromatic rings. The van der Waals surface area contributed by atoms with Gasteiger partial charge in [-0.1, -0.05) is 133 Å². The van der Waals surface area contributed by atoms with Gasteiger partial charge in [0.05, 0.1) is 22.1 Å². The van der Waals surface area contributed by atoms with Gasteiger partial charge in [-0.05, 0) is 75.5 Å². The molecule has 3 aromatic heterocycles. The number of para-hydroxylation sites is 3. The fourth-order valence-corrected chi connectivity index (χ4v) is 7.96. The lowest BCUT2D eigenvalue weighted by molar-refractivity contribution is 0.669. The van der Waals surface area contributed by atoms with Crippen LogP contribution in [0.15, 0.2) is 180 Å². The molecule has 8 aromatic carbocycles. The second kappa shape index (κ2) is 11.2. The molecule has 4 heteroatoms. The molecule has 0 aliphatic heterocycles. The Hall–Kier alpha value is -7.04. The van der Waals surface area contributed by atoms with Crippen LogP contribution in [0.5, 0.6) is 0 Å². The van der Waals surface area contributed by atoms with Crippen molar-refractivity contribution in [3.05, 3.63) is 176 Å². The van der Waals surface area contributed by atoms with Crippen LogP contribution in [-0.2, 0) is 0 Å². The van der Waals surface area contributed by atoms with Crippen molar-refractivity contribution in [2.75, 3.05) is 0 Å². The molecule has 0 N–H and O–H groups in total. The van der Waals surface area contributed by atoms with Crippen LogP contribution >= 0.6 is 0 Å². The highest BCUT2D eigenvalue weighted by Gasteiger charge is 2.23. The summed E-state index contributed by atoms with van der Waals surface area (Å²) in [4.78, 5) is 11.2. The minimum absolute atomic E-state index is 0.758. The molecular weight excluding hydrogens is 635 g/mol. The lowest BCUT2D eigenvalue weighted by atomic mass is 9.93. The zero-order chi connectivity index (χ0) is 34.2. The largest absolute Gasteiger partial charge is 0.455 e. The summed E-state index contributed by atoms with van der Waals surface area (Å²) >= 11 is 0. The number of aromatic nitrogens is 3. The number of nitrogens with zero attached hydrogens (tertiary/aromatic N) is 3. The van der Waals surface area contributed by atoms with Crippen molar-refractivity contribution >= 4 is 65.6 Å². The van der Waals surface area contributed by atoms with E-state index >= 15 is 0 Å². The van der Waals surface area contributed by atoms with E-state index in [1.807, 2.05) is 12.1 Å². The van der Waals surface area contributed by atoms with E-state index < -0.39 is 0 Å². The Labute approximate surface area is 298 Å². The maximum atomic E-state index is 6.65. The maximum absolute atomic E-state index is 6.65. The van der Waals surface area contributed by atoms with Gasteiger partial charge in [-0.2, -0.15) is 0 Å². The Morgan fingerprint density at radius 2 is 1.00 bits per heavy atom. The number of hydrogen-bond donors (Lipinski definition) is 0. The van der Waals surface area contributed by atoms with Crippen LogP contribution in [0.4, 0.5) is 0 Å². The number of furan rings is 1. The molecule has 0 bridgehead atoms. The molecule has 11 rings (SSSR count). The molecule has 242 valence electrons. The lowest BCUT2D eigenvalue weighted by Gasteiger charge is -2.16. The fraction of sp³-hybridized carbons (Fsp3) is 0. The van der Waals surface area contributed by atoms with Crippen molar-refractivity contribution in [3.63, 3.8) is 0 Å². The average molecular weight is 664 g/mol. The van der Waals surface area contributed by atoms with Gasteiger partial charge in [-0.25, -0.2) is 9.97 Å². The first-order valence-corrected chi connectivity index (χ1v) is 17.6. The van der Waals surface area contributed by atoms with Crippen LogP contribution in [0, 0.1) is 0 Å². The summed E-state index contributed by atoms with van der Waals surface area (Å²) in [6.45, 7) is 0. The first-order valence-electron chi connectivity index (χ1n) is 17.6. The van der Waals surface area contributed by atoms with E-state index in [-0.39, 0.29) is 0 Å². The average Bonchev–Trinajstić information content (AvgIpc) is 3.75. The normalized spacial score (nSPS) is 11.8. The summed E-state index contributed by atoms with van der Waals surface area (Å²) < 4.78 is 8.95. The van der Waals surface area contributed by atoms with Crippen molar-refractivity contribution in [1.82, 2.24) is 14.5 Å². The van der Waals surface area contributed by atoms with E-state index in [0.717, 1.165) is 83.3 Å². The van der Waals surface area contributed by atoms with Gasteiger partial charge in [0.25, 0.3) is 0 Å². The quantitative estimate of drug-likeness (QED) is 0.188. The van der Waals surface area contributed by atoms with Gasteiger partial charge in [-0.3, -0.25) is 4.57 Å². The SMILES string of the molecule is c1ccc(-c2cc3nc(-c4cccc5c4oc4ccccc45)c(-n4c5ccccc5c5cc6ccccc6cc54)nc3cc2-c2ccccc2)cc1. The Morgan fingerprint density at radius 3 is 1.75 bits per heavy atom. The Bertz CT molecular complexity index is 3180. The van der Waals surface area contributed by atoms with E-state index in [0.29, 0.717) is 0 Å². The standard InChI is InChI=1S/C48H29N3O/c1-3-14-30(15-4-1)38-28-41-42(29-39(38)31-16-5-2-6-17-31)50-48(46(49-41)37-23-13-22-36-35-21-10-12-25-45(35)52-47(36)37)51-43-24-11-9-20-34(43)40-26-32-18-7-8-19-33(32)27-44(40)51/h1-29H. The van der Waals surface area contributed by atoms with Gasteiger partial charge in [-0.15, -0.1) is 0 Å². The summed E-state index contributed by atoms with van der Waals surface area (Å²) in [5, 5.41) is 6.86. The van der Waals surface area contributed by atoms with E-state index in [1.165, 1.54) is 21.5 Å². The van der Waals surface area contributed by atoms with Gasteiger partial charge < -0.3 is 4.42 Å². The zero-order valence-electron chi connectivity index (χ0n) is 28.0. The summed E-state index contributed by atoms with van der Waals surface area (Å²) in [6.07, 6.45) is 0. The molecular formula is C48H29N3O. The zero-order valence-corrected chi connectivity index (χ0v) is 28.0. The number of fused-ring (bicyclic) bond motifs is 8. The van der Waals surface area contributed by atoms with Crippen molar-refractivity contribution in [2.24, 2.45) is 0 Å². The van der Waals surface area contributed by atoms with E-state index in [9.17, 15) is 0 Å². The van der Waals surface area contributed by atoms with Crippen molar-refractivity contribution in [1.29, 1.82) is 0 Å². The van der Waals surface area contributed by atoms with Crippen molar-refractivity contribution < 1.29 is 4.42 Å². The minimum Gasteiger partial charge on any atom is -0.455 e. The minimum atomic E-state index is 0.758. The highest BCUT2D eigenvalue weighted by molar-refractivity contribution is 6.15. The first-order chi connectivity index (χ1) is 25.8. The van der Waals surface area contributed by atoms with E-state index in [1.54, 1.807) is 0 Å². The van der Waals surface area contributed by atoms with Crippen LogP contribution in [0.1, 0.15) is 0 Å². The van der Waals surface area contributed by atoms with Crippen LogP contribution in [0.2, 0.25) is 0 Å². The molecule has 0 unspecified atom stereocenters. The molecule has 52 heavy (non-hydrogen) atoms. The predicted molar refractivity (Wildman–Crippen MR) is 215 cm³/mol. The molecule has 0 saturated heterocycles. The first kappa shape index (κ1) is 28.8. The Morgan fingerprint density at radius 1 is 0.404 bits per heavy atom. The third kappa shape index (κ3) is 4.34. The molecule has 0 fully saturated rings.